The second-order valence-electron chi connectivity index (χ2n) is 8.24. The Bertz CT molecular complexity index is 804. The fraction of sp³-hybridized carbons (Fsp3) is 0.458. The van der Waals surface area contributed by atoms with Crippen molar-refractivity contribution in [3.63, 3.8) is 0 Å². The molecule has 1 saturated heterocycles. The van der Waals surface area contributed by atoms with Gasteiger partial charge in [0, 0.05) is 26.2 Å². The second-order valence-corrected chi connectivity index (χ2v) is 8.24. The maximum atomic E-state index is 12.7. The number of amides is 2. The normalized spacial score (nSPS) is 19.8. The number of nitrogens with zero attached hydrogens (tertiary/aromatic N) is 2. The summed E-state index contributed by atoms with van der Waals surface area (Å²) in [5, 5.41) is 3.10. The van der Waals surface area contributed by atoms with Crippen molar-refractivity contribution < 1.29 is 9.53 Å². The largest absolute Gasteiger partial charge is 0.374 e. The van der Waals surface area contributed by atoms with E-state index in [0.717, 1.165) is 30.6 Å². The smallest absolute Gasteiger partial charge is 0.317 e. The highest BCUT2D eigenvalue weighted by Gasteiger charge is 2.23. The van der Waals surface area contributed by atoms with Gasteiger partial charge in [-0.3, -0.25) is 0 Å². The minimum Gasteiger partial charge on any atom is -0.374 e. The Balaban J connectivity index is 1.67. The molecule has 5 heteroatoms. The van der Waals surface area contributed by atoms with Crippen molar-refractivity contribution in [1.29, 1.82) is 0 Å². The average molecular weight is 396 g/mol. The lowest BCUT2D eigenvalue weighted by Crippen LogP contribution is -2.42. The van der Waals surface area contributed by atoms with Crippen LogP contribution < -0.4 is 5.32 Å². The average Bonchev–Trinajstić information content (AvgIpc) is 2.86. The quantitative estimate of drug-likeness (QED) is 0.828. The summed E-state index contributed by atoms with van der Waals surface area (Å²) in [4.78, 5) is 16.8. The van der Waals surface area contributed by atoms with Crippen LogP contribution in [0.1, 0.15) is 31.4 Å². The van der Waals surface area contributed by atoms with E-state index in [0.29, 0.717) is 13.1 Å². The number of carbonyl (C=O) groups is 1. The monoisotopic (exact) mass is 395 g/mol. The van der Waals surface area contributed by atoms with Gasteiger partial charge in [0.15, 0.2) is 0 Å². The van der Waals surface area contributed by atoms with Crippen LogP contribution in [0.5, 0.6) is 0 Å². The molecule has 2 aromatic rings. The van der Waals surface area contributed by atoms with Gasteiger partial charge < -0.3 is 19.9 Å². The highest BCUT2D eigenvalue weighted by atomic mass is 16.5. The Hall–Kier alpha value is -2.37. The highest BCUT2D eigenvalue weighted by Crippen LogP contribution is 2.24. The van der Waals surface area contributed by atoms with Crippen LogP contribution in [0, 0.1) is 0 Å². The first kappa shape index (κ1) is 21.3. The van der Waals surface area contributed by atoms with Crippen molar-refractivity contribution in [3.05, 3.63) is 59.7 Å². The van der Waals surface area contributed by atoms with Crippen LogP contribution >= 0.6 is 0 Å². The minimum atomic E-state index is -0.0225. The maximum Gasteiger partial charge on any atom is 0.317 e. The van der Waals surface area contributed by atoms with Crippen LogP contribution in [0.2, 0.25) is 0 Å². The Kier molecular flexibility index (Phi) is 7.29. The molecule has 29 heavy (non-hydrogen) atoms. The van der Waals surface area contributed by atoms with E-state index >= 15 is 0 Å². The summed E-state index contributed by atoms with van der Waals surface area (Å²) in [5.74, 6) is 0. The molecule has 0 aliphatic carbocycles. The number of urea groups is 1. The number of ether oxygens (including phenoxy) is 1. The molecule has 0 saturated carbocycles. The summed E-state index contributed by atoms with van der Waals surface area (Å²) in [6.45, 7) is 6.89. The predicted octanol–water partition coefficient (Wildman–Crippen LogP) is 4.12. The van der Waals surface area contributed by atoms with E-state index in [9.17, 15) is 4.79 Å². The Morgan fingerprint density at radius 3 is 2.55 bits per heavy atom. The SMILES string of the molecule is C[C@@H]1CCN(C(=O)NCc2ccccc2-c2ccc(CN(C)C)cc2)C[C@H](C)O1. The number of hydrogen-bond donors (Lipinski definition) is 1. The Morgan fingerprint density at radius 2 is 1.83 bits per heavy atom. The van der Waals surface area contributed by atoms with E-state index in [-0.39, 0.29) is 18.2 Å². The number of benzene rings is 2. The first-order chi connectivity index (χ1) is 13.9. The third-order valence-electron chi connectivity index (χ3n) is 5.25. The van der Waals surface area contributed by atoms with E-state index in [1.165, 1.54) is 11.1 Å². The van der Waals surface area contributed by atoms with Crippen LogP contribution in [0.25, 0.3) is 11.1 Å². The molecule has 0 unspecified atom stereocenters. The molecule has 2 amide bonds. The van der Waals surface area contributed by atoms with Gasteiger partial charge in [0.05, 0.1) is 12.2 Å². The van der Waals surface area contributed by atoms with E-state index in [1.54, 1.807) is 0 Å². The molecular formula is C24H33N3O2. The van der Waals surface area contributed by atoms with Crippen LogP contribution in [-0.2, 0) is 17.8 Å². The molecule has 0 spiro atoms. The number of rotatable bonds is 5. The third kappa shape index (κ3) is 6.05. The molecule has 2 aromatic carbocycles. The summed E-state index contributed by atoms with van der Waals surface area (Å²) in [5.41, 5.74) is 4.73. The highest BCUT2D eigenvalue weighted by molar-refractivity contribution is 5.75. The predicted molar refractivity (Wildman–Crippen MR) is 118 cm³/mol. The van der Waals surface area contributed by atoms with Gasteiger partial charge in [0.2, 0.25) is 0 Å². The molecule has 1 aliphatic rings. The van der Waals surface area contributed by atoms with Crippen LogP contribution in [-0.4, -0.2) is 55.2 Å². The van der Waals surface area contributed by atoms with Crippen LogP contribution in [0.3, 0.4) is 0 Å². The van der Waals surface area contributed by atoms with E-state index in [2.05, 4.69) is 67.6 Å². The lowest BCUT2D eigenvalue weighted by atomic mass is 9.98. The van der Waals surface area contributed by atoms with E-state index in [1.807, 2.05) is 24.0 Å². The first-order valence-corrected chi connectivity index (χ1v) is 10.4. The maximum absolute atomic E-state index is 12.7. The summed E-state index contributed by atoms with van der Waals surface area (Å²) >= 11 is 0. The van der Waals surface area contributed by atoms with Crippen molar-refractivity contribution in [2.75, 3.05) is 27.2 Å². The van der Waals surface area contributed by atoms with Crippen LogP contribution in [0.15, 0.2) is 48.5 Å². The topological polar surface area (TPSA) is 44.8 Å². The van der Waals surface area contributed by atoms with Crippen molar-refractivity contribution in [1.82, 2.24) is 15.1 Å². The van der Waals surface area contributed by atoms with Crippen molar-refractivity contribution in [2.24, 2.45) is 0 Å². The fourth-order valence-electron chi connectivity index (χ4n) is 3.82. The molecule has 1 N–H and O–H groups in total. The molecule has 0 bridgehead atoms. The van der Waals surface area contributed by atoms with Gasteiger partial charge in [-0.2, -0.15) is 0 Å². The molecule has 156 valence electrons. The van der Waals surface area contributed by atoms with Gasteiger partial charge in [0.25, 0.3) is 0 Å². The van der Waals surface area contributed by atoms with Gasteiger partial charge in [-0.25, -0.2) is 4.79 Å². The summed E-state index contributed by atoms with van der Waals surface area (Å²) in [7, 11) is 4.15. The molecule has 0 aromatic heterocycles. The first-order valence-electron chi connectivity index (χ1n) is 10.4. The third-order valence-corrected chi connectivity index (χ3v) is 5.25. The van der Waals surface area contributed by atoms with Gasteiger partial charge >= 0.3 is 6.03 Å². The molecule has 2 atom stereocenters. The van der Waals surface area contributed by atoms with E-state index < -0.39 is 0 Å². The Labute approximate surface area is 174 Å². The van der Waals surface area contributed by atoms with Gasteiger partial charge in [-0.05, 0) is 56.6 Å². The van der Waals surface area contributed by atoms with Gasteiger partial charge in [-0.15, -0.1) is 0 Å². The summed E-state index contributed by atoms with van der Waals surface area (Å²) in [6.07, 6.45) is 1.12. The van der Waals surface area contributed by atoms with Crippen molar-refractivity contribution >= 4 is 6.03 Å². The zero-order valence-electron chi connectivity index (χ0n) is 18.0. The Morgan fingerprint density at radius 1 is 1.10 bits per heavy atom. The molecule has 3 rings (SSSR count). The lowest BCUT2D eigenvalue weighted by Gasteiger charge is -2.23. The molecule has 1 heterocycles. The number of hydrogen-bond acceptors (Lipinski definition) is 3. The van der Waals surface area contributed by atoms with Gasteiger partial charge in [-0.1, -0.05) is 48.5 Å². The zero-order chi connectivity index (χ0) is 20.8. The van der Waals surface area contributed by atoms with Crippen molar-refractivity contribution in [3.8, 4) is 11.1 Å². The second kappa shape index (κ2) is 9.90. The molecule has 1 fully saturated rings. The molecular weight excluding hydrogens is 362 g/mol. The van der Waals surface area contributed by atoms with Crippen LogP contribution in [0.4, 0.5) is 4.79 Å². The van der Waals surface area contributed by atoms with E-state index in [4.69, 9.17) is 4.74 Å². The molecule has 0 radical (unpaired) electrons. The zero-order valence-corrected chi connectivity index (χ0v) is 18.0. The summed E-state index contributed by atoms with van der Waals surface area (Å²) < 4.78 is 5.84. The lowest BCUT2D eigenvalue weighted by molar-refractivity contribution is 0.0160. The number of nitrogens with one attached hydrogen (secondary N) is 1. The molecule has 1 aliphatic heterocycles. The van der Waals surface area contributed by atoms with Crippen molar-refractivity contribution in [2.45, 2.75) is 45.6 Å². The fourth-order valence-corrected chi connectivity index (χ4v) is 3.82. The summed E-state index contributed by atoms with van der Waals surface area (Å²) in [6, 6.07) is 16.9. The standard InChI is InChI=1S/C24H33N3O2/c1-18-13-14-27(16-19(2)29-18)24(28)25-15-22-7-5-6-8-23(22)21-11-9-20(10-12-21)17-26(3)4/h5-12,18-19H,13-17H2,1-4H3,(H,25,28)/t18-,19+/m1/s1. The minimum absolute atomic E-state index is 0.0225. The molecule has 5 nitrogen and oxygen atoms in total. The number of carbonyl (C=O) groups excluding carboxylic acids is 1. The van der Waals surface area contributed by atoms with Gasteiger partial charge in [0.1, 0.15) is 0 Å².